The second-order valence-corrected chi connectivity index (χ2v) is 9.38. The zero-order valence-electron chi connectivity index (χ0n) is 19.6. The van der Waals surface area contributed by atoms with Gasteiger partial charge in [0, 0.05) is 54.8 Å². The van der Waals surface area contributed by atoms with Gasteiger partial charge in [0.15, 0.2) is 0 Å². The Labute approximate surface area is 196 Å². The average molecular weight is 455 g/mol. The van der Waals surface area contributed by atoms with E-state index in [-0.39, 0.29) is 17.5 Å². The molecule has 0 spiro atoms. The molecule has 0 bridgehead atoms. The van der Waals surface area contributed by atoms with Crippen LogP contribution < -0.4 is 15.5 Å². The van der Waals surface area contributed by atoms with Gasteiger partial charge in [-0.15, -0.1) is 0 Å². The molecule has 2 aliphatic heterocycles. The van der Waals surface area contributed by atoms with Gasteiger partial charge in [-0.25, -0.2) is 9.69 Å². The van der Waals surface area contributed by atoms with Gasteiger partial charge in [0.05, 0.1) is 16.7 Å². The highest BCUT2D eigenvalue weighted by atomic mass is 16.2. The van der Waals surface area contributed by atoms with E-state index in [0.29, 0.717) is 22.3 Å². The lowest BCUT2D eigenvalue weighted by atomic mass is 9.91. The first-order chi connectivity index (χ1) is 16.4. The SMILES string of the molecule is Cc1cc2c(cc1N1C(=O)c3cccc4c(N5CCCCC5)ccc(c34)C1=O)n(C)c(=O)n2C. The minimum atomic E-state index is -0.331. The van der Waals surface area contributed by atoms with E-state index in [1.165, 1.54) is 15.9 Å². The Morgan fingerprint density at radius 1 is 0.735 bits per heavy atom. The fraction of sp³-hybridized carbons (Fsp3) is 0.296. The van der Waals surface area contributed by atoms with E-state index >= 15 is 0 Å². The highest BCUT2D eigenvalue weighted by Crippen LogP contribution is 2.39. The highest BCUT2D eigenvalue weighted by molar-refractivity contribution is 6.36. The summed E-state index contributed by atoms with van der Waals surface area (Å²) in [6.45, 7) is 3.84. The van der Waals surface area contributed by atoms with Crippen molar-refractivity contribution in [3.63, 3.8) is 0 Å². The molecule has 7 nitrogen and oxygen atoms in total. The number of hydrogen-bond acceptors (Lipinski definition) is 4. The molecule has 2 amide bonds. The second kappa shape index (κ2) is 7.32. The van der Waals surface area contributed by atoms with Crippen LogP contribution in [-0.2, 0) is 14.1 Å². The number of amides is 2. The Balaban J connectivity index is 1.54. The van der Waals surface area contributed by atoms with Crippen LogP contribution in [0.1, 0.15) is 45.5 Å². The molecule has 3 heterocycles. The Hall–Kier alpha value is -3.87. The lowest BCUT2D eigenvalue weighted by molar-refractivity contribution is 0.0893. The van der Waals surface area contributed by atoms with E-state index in [2.05, 4.69) is 4.90 Å². The summed E-state index contributed by atoms with van der Waals surface area (Å²) < 4.78 is 3.11. The number of carbonyl (C=O) groups is 2. The molecular formula is C27H26N4O3. The summed E-state index contributed by atoms with van der Waals surface area (Å²) >= 11 is 0. The van der Waals surface area contributed by atoms with E-state index in [4.69, 9.17) is 0 Å². The largest absolute Gasteiger partial charge is 0.371 e. The van der Waals surface area contributed by atoms with Crippen LogP contribution in [0.4, 0.5) is 11.4 Å². The number of nitrogens with zero attached hydrogens (tertiary/aromatic N) is 4. The summed E-state index contributed by atoms with van der Waals surface area (Å²) in [7, 11) is 3.42. The van der Waals surface area contributed by atoms with Crippen LogP contribution in [0.2, 0.25) is 0 Å². The van der Waals surface area contributed by atoms with E-state index in [9.17, 15) is 14.4 Å². The predicted octanol–water partition coefficient (Wildman–Crippen LogP) is 4.13. The highest BCUT2D eigenvalue weighted by Gasteiger charge is 2.36. The van der Waals surface area contributed by atoms with Crippen LogP contribution in [0.15, 0.2) is 47.3 Å². The first-order valence-electron chi connectivity index (χ1n) is 11.7. The molecule has 1 aromatic heterocycles. The molecule has 34 heavy (non-hydrogen) atoms. The lowest BCUT2D eigenvalue weighted by Crippen LogP contribution is -2.41. The van der Waals surface area contributed by atoms with Crippen molar-refractivity contribution in [1.29, 1.82) is 0 Å². The van der Waals surface area contributed by atoms with Crippen LogP contribution in [0, 0.1) is 6.92 Å². The molecule has 3 aromatic carbocycles. The number of carbonyl (C=O) groups excluding carboxylic acids is 2. The van der Waals surface area contributed by atoms with Crippen LogP contribution in [0.25, 0.3) is 21.8 Å². The maximum absolute atomic E-state index is 13.8. The smallest absolute Gasteiger partial charge is 0.328 e. The fourth-order valence-corrected chi connectivity index (χ4v) is 5.59. The van der Waals surface area contributed by atoms with Gasteiger partial charge in [0.1, 0.15) is 0 Å². The molecule has 2 aliphatic rings. The van der Waals surface area contributed by atoms with Gasteiger partial charge < -0.3 is 4.90 Å². The second-order valence-electron chi connectivity index (χ2n) is 9.38. The van der Waals surface area contributed by atoms with E-state index < -0.39 is 0 Å². The normalized spacial score (nSPS) is 16.2. The molecular weight excluding hydrogens is 428 g/mol. The molecule has 0 aliphatic carbocycles. The van der Waals surface area contributed by atoms with Crippen LogP contribution in [0.3, 0.4) is 0 Å². The summed E-state index contributed by atoms with van der Waals surface area (Å²) in [5, 5.41) is 1.69. The molecule has 1 fully saturated rings. The number of rotatable bonds is 2. The zero-order chi connectivity index (χ0) is 23.7. The third-order valence-electron chi connectivity index (χ3n) is 7.41. The Kier molecular flexibility index (Phi) is 4.46. The van der Waals surface area contributed by atoms with Gasteiger partial charge in [0.25, 0.3) is 11.8 Å². The number of aromatic nitrogens is 2. The van der Waals surface area contributed by atoms with Crippen molar-refractivity contribution in [2.45, 2.75) is 26.2 Å². The molecule has 0 N–H and O–H groups in total. The van der Waals surface area contributed by atoms with Gasteiger partial charge in [0.2, 0.25) is 0 Å². The number of benzene rings is 3. The Morgan fingerprint density at radius 2 is 1.38 bits per heavy atom. The van der Waals surface area contributed by atoms with Crippen LogP contribution in [-0.4, -0.2) is 34.0 Å². The minimum Gasteiger partial charge on any atom is -0.371 e. The standard InChI is InChI=1S/C27H26N4O3/c1-16-14-22-23(29(3)27(34)28(22)2)15-21(16)31-25(32)18-9-7-8-17-20(30-12-5-4-6-13-30)11-10-19(24(17)18)26(31)33/h7-11,14-15H,4-6,12-13H2,1-3H3. The lowest BCUT2D eigenvalue weighted by Gasteiger charge is -2.32. The van der Waals surface area contributed by atoms with Crippen LogP contribution in [0.5, 0.6) is 0 Å². The van der Waals surface area contributed by atoms with Gasteiger partial charge in [-0.05, 0) is 62.1 Å². The fourth-order valence-electron chi connectivity index (χ4n) is 5.59. The topological polar surface area (TPSA) is 67.6 Å². The summed E-state index contributed by atoms with van der Waals surface area (Å²) in [6, 6.07) is 13.2. The number of anilines is 2. The number of imide groups is 1. The molecule has 0 unspecified atom stereocenters. The molecule has 0 saturated carbocycles. The number of fused-ring (bicyclic) bond motifs is 1. The van der Waals surface area contributed by atoms with Crippen molar-refractivity contribution >= 4 is 45.0 Å². The first-order valence-corrected chi connectivity index (χ1v) is 11.7. The molecule has 6 rings (SSSR count). The van der Waals surface area contributed by atoms with Crippen molar-refractivity contribution in [1.82, 2.24) is 9.13 Å². The number of piperidine rings is 1. The maximum atomic E-state index is 13.8. The summed E-state index contributed by atoms with van der Waals surface area (Å²) in [5.74, 6) is -0.662. The average Bonchev–Trinajstić information content (AvgIpc) is 3.06. The molecule has 4 aromatic rings. The van der Waals surface area contributed by atoms with Crippen molar-refractivity contribution in [2.24, 2.45) is 14.1 Å². The Bertz CT molecular complexity index is 1570. The molecule has 172 valence electrons. The molecule has 0 radical (unpaired) electrons. The van der Waals surface area contributed by atoms with Gasteiger partial charge in [-0.1, -0.05) is 12.1 Å². The number of imidazole rings is 1. The molecule has 1 saturated heterocycles. The van der Waals surface area contributed by atoms with Gasteiger partial charge >= 0.3 is 5.69 Å². The third-order valence-corrected chi connectivity index (χ3v) is 7.41. The Morgan fingerprint density at radius 3 is 2.09 bits per heavy atom. The summed E-state index contributed by atoms with van der Waals surface area (Å²) in [4.78, 5) is 43.6. The van der Waals surface area contributed by atoms with Gasteiger partial charge in [-0.2, -0.15) is 0 Å². The first kappa shape index (κ1) is 20.7. The zero-order valence-corrected chi connectivity index (χ0v) is 19.6. The maximum Gasteiger partial charge on any atom is 0.328 e. The van der Waals surface area contributed by atoms with E-state index in [0.717, 1.165) is 53.5 Å². The quantitative estimate of drug-likeness (QED) is 0.427. The number of aryl methyl sites for hydroxylation is 3. The van der Waals surface area contributed by atoms with Crippen molar-refractivity contribution in [3.05, 3.63) is 69.6 Å². The van der Waals surface area contributed by atoms with E-state index in [1.807, 2.05) is 37.3 Å². The minimum absolute atomic E-state index is 0.150. The third kappa shape index (κ3) is 2.73. The van der Waals surface area contributed by atoms with Crippen LogP contribution >= 0.6 is 0 Å². The molecule has 7 heteroatoms. The van der Waals surface area contributed by atoms with Crippen molar-refractivity contribution in [2.75, 3.05) is 22.9 Å². The summed E-state index contributed by atoms with van der Waals surface area (Å²) in [6.07, 6.45) is 3.54. The number of hydrogen-bond donors (Lipinski definition) is 0. The van der Waals surface area contributed by atoms with Crippen molar-refractivity contribution in [3.8, 4) is 0 Å². The monoisotopic (exact) mass is 454 g/mol. The van der Waals surface area contributed by atoms with Gasteiger partial charge in [-0.3, -0.25) is 18.7 Å². The van der Waals surface area contributed by atoms with Crippen molar-refractivity contribution < 1.29 is 9.59 Å². The summed E-state index contributed by atoms with van der Waals surface area (Å²) in [5.41, 5.74) is 4.72. The van der Waals surface area contributed by atoms with E-state index in [1.54, 1.807) is 30.8 Å². The predicted molar refractivity (Wildman–Crippen MR) is 134 cm³/mol. The molecule has 0 atom stereocenters.